The lowest BCUT2D eigenvalue weighted by Gasteiger charge is -2.18. The van der Waals surface area contributed by atoms with Crippen molar-refractivity contribution in [2.45, 2.75) is 26.3 Å². The molecule has 1 aliphatic heterocycles. The summed E-state index contributed by atoms with van der Waals surface area (Å²) in [4.78, 5) is 16.4. The largest absolute Gasteiger partial charge is 0.379 e. The van der Waals surface area contributed by atoms with Gasteiger partial charge in [0.15, 0.2) is 5.15 Å². The molecular formula is C14H20ClN3O2. The number of carbonyl (C=O) groups is 1. The van der Waals surface area contributed by atoms with Crippen LogP contribution in [0.5, 0.6) is 0 Å². The molecule has 0 spiro atoms. The van der Waals surface area contributed by atoms with Gasteiger partial charge in [-0.1, -0.05) is 18.5 Å². The van der Waals surface area contributed by atoms with Gasteiger partial charge in [-0.05, 0) is 31.5 Å². The molecule has 1 aliphatic rings. The van der Waals surface area contributed by atoms with E-state index in [1.54, 1.807) is 6.20 Å². The van der Waals surface area contributed by atoms with Crippen molar-refractivity contribution in [3.8, 4) is 0 Å². The van der Waals surface area contributed by atoms with Crippen molar-refractivity contribution in [1.82, 2.24) is 10.3 Å². The minimum atomic E-state index is -0.196. The lowest BCUT2D eigenvalue weighted by Crippen LogP contribution is -2.41. The molecule has 2 rings (SSSR count). The van der Waals surface area contributed by atoms with Gasteiger partial charge in [0.1, 0.15) is 0 Å². The van der Waals surface area contributed by atoms with Crippen LogP contribution in [0.1, 0.15) is 18.9 Å². The molecule has 1 aromatic rings. The number of hydrogen-bond donors (Lipinski definition) is 2. The molecule has 2 atom stereocenters. The zero-order chi connectivity index (χ0) is 14.5. The van der Waals surface area contributed by atoms with Crippen molar-refractivity contribution in [2.75, 3.05) is 25.1 Å². The van der Waals surface area contributed by atoms with Crippen LogP contribution in [0.4, 0.5) is 5.69 Å². The van der Waals surface area contributed by atoms with E-state index in [2.05, 4.69) is 22.5 Å². The smallest absolute Gasteiger partial charge is 0.231 e. The summed E-state index contributed by atoms with van der Waals surface area (Å²) < 4.78 is 5.41. The Morgan fingerprint density at radius 3 is 3.10 bits per heavy atom. The third kappa shape index (κ3) is 3.69. The Hall–Kier alpha value is -1.17. The normalized spacial score (nSPS) is 21.9. The molecule has 0 saturated carbocycles. The fraction of sp³-hybridized carbons (Fsp3) is 0.571. The van der Waals surface area contributed by atoms with Gasteiger partial charge in [-0.2, -0.15) is 0 Å². The highest BCUT2D eigenvalue weighted by molar-refractivity contribution is 6.32. The predicted molar refractivity (Wildman–Crippen MR) is 79.0 cm³/mol. The van der Waals surface area contributed by atoms with Gasteiger partial charge in [0.25, 0.3) is 0 Å². The minimum Gasteiger partial charge on any atom is -0.379 e. The molecule has 110 valence electrons. The van der Waals surface area contributed by atoms with Crippen LogP contribution >= 0.6 is 11.6 Å². The van der Waals surface area contributed by atoms with E-state index in [1.807, 2.05) is 13.0 Å². The van der Waals surface area contributed by atoms with Gasteiger partial charge >= 0.3 is 0 Å². The topological polar surface area (TPSA) is 63.2 Å². The molecule has 0 aromatic carbocycles. The van der Waals surface area contributed by atoms with E-state index in [0.717, 1.165) is 18.5 Å². The molecule has 1 fully saturated rings. The summed E-state index contributed by atoms with van der Waals surface area (Å²) in [7, 11) is 0. The molecule has 1 amide bonds. The van der Waals surface area contributed by atoms with Crippen molar-refractivity contribution < 1.29 is 9.53 Å². The third-order valence-corrected chi connectivity index (χ3v) is 3.61. The summed E-state index contributed by atoms with van der Waals surface area (Å²) in [5.74, 6) is -0.275. The number of halogens is 1. The number of pyridine rings is 1. The van der Waals surface area contributed by atoms with Gasteiger partial charge < -0.3 is 15.4 Å². The molecule has 0 aliphatic carbocycles. The summed E-state index contributed by atoms with van der Waals surface area (Å²) in [6, 6.07) is 1.88. The number of ether oxygens (including phenoxy) is 1. The Labute approximate surface area is 124 Å². The number of rotatable bonds is 5. The zero-order valence-electron chi connectivity index (χ0n) is 11.8. The summed E-state index contributed by atoms with van der Waals surface area (Å²) in [5, 5.41) is 6.49. The summed E-state index contributed by atoms with van der Waals surface area (Å²) in [6.07, 6.45) is 2.70. The Kier molecular flexibility index (Phi) is 5.34. The second kappa shape index (κ2) is 7.02. The lowest BCUT2D eigenvalue weighted by atomic mass is 10.0. The van der Waals surface area contributed by atoms with E-state index in [0.29, 0.717) is 24.1 Å². The van der Waals surface area contributed by atoms with Crippen molar-refractivity contribution in [3.63, 3.8) is 0 Å². The van der Waals surface area contributed by atoms with Crippen molar-refractivity contribution in [1.29, 1.82) is 0 Å². The maximum absolute atomic E-state index is 12.3. The van der Waals surface area contributed by atoms with Crippen LogP contribution in [0.2, 0.25) is 5.15 Å². The fourth-order valence-corrected chi connectivity index (χ4v) is 2.36. The fourth-order valence-electron chi connectivity index (χ4n) is 2.21. The lowest BCUT2D eigenvalue weighted by molar-refractivity contribution is -0.120. The number of aromatic nitrogens is 1. The molecular weight excluding hydrogens is 278 g/mol. The van der Waals surface area contributed by atoms with E-state index in [9.17, 15) is 4.79 Å². The number of aryl methyl sites for hydroxylation is 1. The number of nitrogens with zero attached hydrogens (tertiary/aromatic N) is 1. The molecule has 0 bridgehead atoms. The van der Waals surface area contributed by atoms with E-state index < -0.39 is 0 Å². The highest BCUT2D eigenvalue weighted by Gasteiger charge is 2.33. The maximum Gasteiger partial charge on any atom is 0.231 e. The number of hydrogen-bond acceptors (Lipinski definition) is 4. The Balaban J connectivity index is 2.01. The first-order valence-electron chi connectivity index (χ1n) is 6.86. The molecule has 2 heterocycles. The van der Waals surface area contributed by atoms with Gasteiger partial charge in [0.2, 0.25) is 5.91 Å². The van der Waals surface area contributed by atoms with Crippen LogP contribution in [0.3, 0.4) is 0 Å². The SMILES string of the molecule is CCCNC1COCC1C(=O)Nc1cc(C)cnc1Cl. The number of nitrogens with one attached hydrogen (secondary N) is 2. The highest BCUT2D eigenvalue weighted by Crippen LogP contribution is 2.22. The molecule has 2 unspecified atom stereocenters. The molecule has 0 radical (unpaired) electrons. The first-order valence-corrected chi connectivity index (χ1v) is 7.23. The minimum absolute atomic E-state index is 0.0616. The van der Waals surface area contributed by atoms with Crippen LogP contribution < -0.4 is 10.6 Å². The van der Waals surface area contributed by atoms with E-state index in [-0.39, 0.29) is 17.9 Å². The van der Waals surface area contributed by atoms with Crippen LogP contribution in [-0.4, -0.2) is 36.7 Å². The Bertz CT molecular complexity index is 481. The number of carbonyl (C=O) groups excluding carboxylic acids is 1. The average Bonchev–Trinajstić information content (AvgIpc) is 2.89. The zero-order valence-corrected chi connectivity index (χ0v) is 12.5. The second-order valence-corrected chi connectivity index (χ2v) is 5.40. The Morgan fingerprint density at radius 2 is 2.35 bits per heavy atom. The van der Waals surface area contributed by atoms with Gasteiger partial charge in [0.05, 0.1) is 24.8 Å². The summed E-state index contributed by atoms with van der Waals surface area (Å²) >= 11 is 5.99. The van der Waals surface area contributed by atoms with Crippen LogP contribution in [-0.2, 0) is 9.53 Å². The third-order valence-electron chi connectivity index (χ3n) is 3.31. The quantitative estimate of drug-likeness (QED) is 0.816. The van der Waals surface area contributed by atoms with Crippen LogP contribution in [0.15, 0.2) is 12.3 Å². The van der Waals surface area contributed by atoms with Crippen LogP contribution in [0.25, 0.3) is 0 Å². The van der Waals surface area contributed by atoms with Gasteiger partial charge in [-0.3, -0.25) is 4.79 Å². The van der Waals surface area contributed by atoms with Crippen LogP contribution in [0, 0.1) is 12.8 Å². The highest BCUT2D eigenvalue weighted by atomic mass is 35.5. The number of amides is 1. The van der Waals surface area contributed by atoms with E-state index in [4.69, 9.17) is 16.3 Å². The van der Waals surface area contributed by atoms with Gasteiger partial charge in [0, 0.05) is 12.2 Å². The molecule has 20 heavy (non-hydrogen) atoms. The van der Waals surface area contributed by atoms with Crippen molar-refractivity contribution in [3.05, 3.63) is 23.0 Å². The molecule has 2 N–H and O–H groups in total. The molecule has 1 aromatic heterocycles. The predicted octanol–water partition coefficient (Wildman–Crippen LogP) is 2.00. The molecule has 6 heteroatoms. The molecule has 5 nitrogen and oxygen atoms in total. The maximum atomic E-state index is 12.3. The number of anilines is 1. The monoisotopic (exact) mass is 297 g/mol. The van der Waals surface area contributed by atoms with Crippen molar-refractivity contribution in [2.24, 2.45) is 5.92 Å². The van der Waals surface area contributed by atoms with Gasteiger partial charge in [-0.15, -0.1) is 0 Å². The summed E-state index contributed by atoms with van der Waals surface area (Å²) in [5.41, 5.74) is 1.51. The standard InChI is InChI=1S/C14H20ClN3O2/c1-3-4-16-12-8-20-7-10(12)14(19)18-11-5-9(2)6-17-13(11)15/h5-6,10,12,16H,3-4,7-8H2,1-2H3,(H,18,19). The Morgan fingerprint density at radius 1 is 1.55 bits per heavy atom. The van der Waals surface area contributed by atoms with Gasteiger partial charge in [-0.25, -0.2) is 4.98 Å². The second-order valence-electron chi connectivity index (χ2n) is 5.04. The van der Waals surface area contributed by atoms with E-state index >= 15 is 0 Å². The molecule has 1 saturated heterocycles. The van der Waals surface area contributed by atoms with E-state index in [1.165, 1.54) is 0 Å². The first-order chi connectivity index (χ1) is 9.61. The van der Waals surface area contributed by atoms with Crippen molar-refractivity contribution >= 4 is 23.2 Å². The first kappa shape index (κ1) is 15.2. The summed E-state index contributed by atoms with van der Waals surface area (Å²) in [6.45, 7) is 5.88. The average molecular weight is 298 g/mol.